The molecule has 106 valence electrons. The lowest BCUT2D eigenvalue weighted by molar-refractivity contribution is 0.0988. The zero-order valence-corrected chi connectivity index (χ0v) is 11.8. The quantitative estimate of drug-likeness (QED) is 0.908. The number of hydrogen-bond acceptors (Lipinski definition) is 4. The fourth-order valence-electron chi connectivity index (χ4n) is 1.59. The summed E-state index contributed by atoms with van der Waals surface area (Å²) in [5.41, 5.74) is 1.33. The molecule has 1 N–H and O–H groups in total. The number of rotatable bonds is 5. The van der Waals surface area contributed by atoms with Gasteiger partial charge >= 0.3 is 0 Å². The summed E-state index contributed by atoms with van der Waals surface area (Å²) in [4.78, 5) is 11.9. The normalized spacial score (nSPS) is 10.6. The Bertz CT molecular complexity index is 590. The maximum absolute atomic E-state index is 11.9. The number of nitrogens with zero attached hydrogens (tertiary/aromatic N) is 1. The van der Waals surface area contributed by atoms with Gasteiger partial charge in [-0.05, 0) is 25.0 Å². The molecule has 0 fully saturated rings. The number of aryl methyl sites for hydroxylation is 1. The summed E-state index contributed by atoms with van der Waals surface area (Å²) in [6.45, 7) is 6.56. The van der Waals surface area contributed by atoms with Gasteiger partial charge in [0.05, 0.1) is 12.3 Å². The van der Waals surface area contributed by atoms with E-state index in [0.717, 1.165) is 5.75 Å². The Labute approximate surface area is 117 Å². The first kappa shape index (κ1) is 14.1. The Kier molecular flexibility index (Phi) is 4.40. The number of amides is 1. The smallest absolute Gasteiger partial charge is 0.294 e. The first-order chi connectivity index (χ1) is 9.54. The van der Waals surface area contributed by atoms with Crippen LogP contribution in [0.3, 0.4) is 0 Å². The lowest BCUT2D eigenvalue weighted by Gasteiger charge is -2.10. The van der Waals surface area contributed by atoms with Gasteiger partial charge in [0.2, 0.25) is 5.76 Å². The highest BCUT2D eigenvalue weighted by atomic mass is 16.5. The Hall–Kier alpha value is -2.30. The van der Waals surface area contributed by atoms with Crippen molar-refractivity contribution in [3.63, 3.8) is 0 Å². The molecule has 1 amide bonds. The van der Waals surface area contributed by atoms with Crippen LogP contribution in [0, 0.1) is 12.8 Å². The van der Waals surface area contributed by atoms with Gasteiger partial charge in [-0.3, -0.25) is 4.79 Å². The van der Waals surface area contributed by atoms with Crippen molar-refractivity contribution in [2.75, 3.05) is 11.9 Å². The molecule has 0 radical (unpaired) electrons. The van der Waals surface area contributed by atoms with E-state index >= 15 is 0 Å². The van der Waals surface area contributed by atoms with Crippen LogP contribution in [0.5, 0.6) is 5.75 Å². The molecule has 0 saturated carbocycles. The van der Waals surface area contributed by atoms with Crippen molar-refractivity contribution in [1.29, 1.82) is 0 Å². The van der Waals surface area contributed by atoms with Crippen molar-refractivity contribution in [2.45, 2.75) is 20.8 Å². The molecule has 0 aliphatic heterocycles. The number of aromatic nitrogens is 1. The van der Waals surface area contributed by atoms with Crippen LogP contribution >= 0.6 is 0 Å². The molecule has 2 rings (SSSR count). The van der Waals surface area contributed by atoms with E-state index in [1.807, 2.05) is 12.1 Å². The van der Waals surface area contributed by atoms with E-state index in [-0.39, 0.29) is 11.7 Å². The average Bonchev–Trinajstić information content (AvgIpc) is 2.84. The molecule has 2 aromatic rings. The molecule has 0 atom stereocenters. The number of carbonyl (C=O) groups is 1. The van der Waals surface area contributed by atoms with Crippen molar-refractivity contribution in [3.05, 3.63) is 41.8 Å². The van der Waals surface area contributed by atoms with Crippen LogP contribution in [0.4, 0.5) is 5.69 Å². The molecule has 1 heterocycles. The van der Waals surface area contributed by atoms with Crippen LogP contribution in [0.1, 0.15) is 30.1 Å². The molecule has 5 nitrogen and oxygen atoms in total. The fraction of sp³-hybridized carbons (Fsp3) is 0.333. The highest BCUT2D eigenvalue weighted by Crippen LogP contribution is 2.19. The number of carbonyl (C=O) groups excluding carboxylic acids is 1. The standard InChI is InChI=1S/C15H18N2O3/c1-10(2)9-19-13-6-4-5-12(8-13)16-15(18)14-7-11(3)17-20-14/h4-8,10H,9H2,1-3H3,(H,16,18). The lowest BCUT2D eigenvalue weighted by Crippen LogP contribution is -2.11. The molecule has 0 aliphatic rings. The van der Waals surface area contributed by atoms with Crippen molar-refractivity contribution in [2.24, 2.45) is 5.92 Å². The molecule has 1 aromatic heterocycles. The summed E-state index contributed by atoms with van der Waals surface area (Å²) in [6, 6.07) is 8.86. The van der Waals surface area contributed by atoms with Crippen LogP contribution in [-0.2, 0) is 0 Å². The van der Waals surface area contributed by atoms with E-state index in [0.29, 0.717) is 23.9 Å². The molecular formula is C15H18N2O3. The Morgan fingerprint density at radius 1 is 1.40 bits per heavy atom. The second-order valence-electron chi connectivity index (χ2n) is 5.02. The lowest BCUT2D eigenvalue weighted by atomic mass is 10.2. The molecular weight excluding hydrogens is 256 g/mol. The maximum atomic E-state index is 11.9. The van der Waals surface area contributed by atoms with Crippen LogP contribution < -0.4 is 10.1 Å². The Morgan fingerprint density at radius 2 is 2.20 bits per heavy atom. The van der Waals surface area contributed by atoms with Gasteiger partial charge in [-0.15, -0.1) is 0 Å². The number of ether oxygens (including phenoxy) is 1. The molecule has 0 bridgehead atoms. The zero-order chi connectivity index (χ0) is 14.5. The molecule has 1 aromatic carbocycles. The number of benzene rings is 1. The first-order valence-electron chi connectivity index (χ1n) is 6.52. The highest BCUT2D eigenvalue weighted by Gasteiger charge is 2.12. The zero-order valence-electron chi connectivity index (χ0n) is 11.8. The van der Waals surface area contributed by atoms with E-state index in [9.17, 15) is 4.79 Å². The number of nitrogens with one attached hydrogen (secondary N) is 1. The second-order valence-corrected chi connectivity index (χ2v) is 5.02. The van der Waals surface area contributed by atoms with Crippen LogP contribution in [0.15, 0.2) is 34.9 Å². The minimum Gasteiger partial charge on any atom is -0.493 e. The van der Waals surface area contributed by atoms with Crippen LogP contribution in [-0.4, -0.2) is 17.7 Å². The molecule has 0 spiro atoms. The molecule has 0 saturated heterocycles. The van der Waals surface area contributed by atoms with Gasteiger partial charge in [-0.25, -0.2) is 0 Å². The largest absolute Gasteiger partial charge is 0.493 e. The van der Waals surface area contributed by atoms with Crippen LogP contribution in [0.2, 0.25) is 0 Å². The third kappa shape index (κ3) is 3.85. The predicted molar refractivity (Wildman–Crippen MR) is 76.0 cm³/mol. The third-order valence-corrected chi connectivity index (χ3v) is 2.53. The van der Waals surface area contributed by atoms with E-state index < -0.39 is 0 Å². The van der Waals surface area contributed by atoms with E-state index in [1.165, 1.54) is 0 Å². The summed E-state index contributed by atoms with van der Waals surface area (Å²) in [6.07, 6.45) is 0. The molecule has 0 unspecified atom stereocenters. The third-order valence-electron chi connectivity index (χ3n) is 2.53. The number of hydrogen-bond donors (Lipinski definition) is 1. The summed E-state index contributed by atoms with van der Waals surface area (Å²) in [5.74, 6) is 1.04. The van der Waals surface area contributed by atoms with Gasteiger partial charge in [-0.2, -0.15) is 0 Å². The predicted octanol–water partition coefficient (Wildman–Crippen LogP) is 3.27. The summed E-state index contributed by atoms with van der Waals surface area (Å²) >= 11 is 0. The second kappa shape index (κ2) is 6.23. The average molecular weight is 274 g/mol. The van der Waals surface area contributed by atoms with Gasteiger partial charge in [0.1, 0.15) is 5.75 Å². The fourth-order valence-corrected chi connectivity index (χ4v) is 1.59. The van der Waals surface area contributed by atoms with Crippen molar-refractivity contribution >= 4 is 11.6 Å². The van der Waals surface area contributed by atoms with Gasteiger partial charge in [0.15, 0.2) is 0 Å². The Morgan fingerprint density at radius 3 is 2.85 bits per heavy atom. The van der Waals surface area contributed by atoms with Gasteiger partial charge in [0.25, 0.3) is 5.91 Å². The monoisotopic (exact) mass is 274 g/mol. The van der Waals surface area contributed by atoms with Crippen molar-refractivity contribution < 1.29 is 14.1 Å². The van der Waals surface area contributed by atoms with E-state index in [1.54, 1.807) is 25.1 Å². The maximum Gasteiger partial charge on any atom is 0.294 e. The summed E-state index contributed by atoms with van der Waals surface area (Å²) in [7, 11) is 0. The first-order valence-corrected chi connectivity index (χ1v) is 6.52. The minimum absolute atomic E-state index is 0.191. The van der Waals surface area contributed by atoms with Gasteiger partial charge < -0.3 is 14.6 Å². The van der Waals surface area contributed by atoms with Gasteiger partial charge in [-0.1, -0.05) is 25.1 Å². The Balaban J connectivity index is 2.02. The van der Waals surface area contributed by atoms with Gasteiger partial charge in [0, 0.05) is 17.8 Å². The SMILES string of the molecule is Cc1cc(C(=O)Nc2cccc(OCC(C)C)c2)on1. The highest BCUT2D eigenvalue weighted by molar-refractivity contribution is 6.02. The number of anilines is 1. The minimum atomic E-state index is -0.327. The van der Waals surface area contributed by atoms with Crippen molar-refractivity contribution in [1.82, 2.24) is 5.16 Å². The van der Waals surface area contributed by atoms with E-state index in [2.05, 4.69) is 24.3 Å². The summed E-state index contributed by atoms with van der Waals surface area (Å²) < 4.78 is 10.5. The molecule has 20 heavy (non-hydrogen) atoms. The molecule has 0 aliphatic carbocycles. The summed E-state index contributed by atoms with van der Waals surface area (Å²) in [5, 5.41) is 6.43. The molecule has 5 heteroatoms. The van der Waals surface area contributed by atoms with Crippen molar-refractivity contribution in [3.8, 4) is 5.75 Å². The van der Waals surface area contributed by atoms with E-state index in [4.69, 9.17) is 9.26 Å². The van der Waals surface area contributed by atoms with Crippen LogP contribution in [0.25, 0.3) is 0 Å². The topological polar surface area (TPSA) is 64.4 Å².